The van der Waals surface area contributed by atoms with Crippen LogP contribution < -0.4 is 4.43 Å². The van der Waals surface area contributed by atoms with Crippen molar-refractivity contribution in [2.24, 2.45) is 12.0 Å². The second-order valence-electron chi connectivity index (χ2n) is 6.51. The lowest BCUT2D eigenvalue weighted by atomic mass is 10.2. The third-order valence-corrected chi connectivity index (χ3v) is 4.28. The Hall–Kier alpha value is -1.88. The molecule has 5 heteroatoms. The number of aryl methyl sites for hydroxylation is 1. The Morgan fingerprint density at radius 1 is 1.27 bits per heavy atom. The first kappa shape index (κ1) is 16.5. The van der Waals surface area contributed by atoms with Crippen LogP contribution in [0.3, 0.4) is 0 Å². The van der Waals surface area contributed by atoms with Gasteiger partial charge in [0, 0.05) is 18.3 Å². The fourth-order valence-electron chi connectivity index (χ4n) is 2.19. The molecule has 0 spiro atoms. The lowest BCUT2D eigenvalue weighted by molar-refractivity contribution is 0.549. The van der Waals surface area contributed by atoms with E-state index in [1.807, 2.05) is 43.1 Å². The van der Waals surface area contributed by atoms with Crippen LogP contribution >= 0.6 is 0 Å². The maximum atomic E-state index is 6.15. The van der Waals surface area contributed by atoms with Crippen LogP contribution in [0.15, 0.2) is 35.6 Å². The molecule has 0 amide bonds. The maximum absolute atomic E-state index is 6.15. The summed E-state index contributed by atoms with van der Waals surface area (Å²) in [5.74, 6) is 0.955. The highest BCUT2D eigenvalue weighted by molar-refractivity contribution is 6.70. The molecular formula is C17H25N3OSi. The van der Waals surface area contributed by atoms with E-state index in [2.05, 4.69) is 37.6 Å². The van der Waals surface area contributed by atoms with E-state index in [4.69, 9.17) is 9.42 Å². The van der Waals surface area contributed by atoms with Gasteiger partial charge in [0.05, 0.1) is 18.6 Å². The van der Waals surface area contributed by atoms with Crippen molar-refractivity contribution in [1.82, 2.24) is 9.55 Å². The zero-order valence-electron chi connectivity index (χ0n) is 14.3. The zero-order chi connectivity index (χ0) is 16.3. The summed E-state index contributed by atoms with van der Waals surface area (Å²) in [6.07, 6.45) is 1.83. The van der Waals surface area contributed by atoms with Crippen molar-refractivity contribution in [3.05, 3.63) is 47.5 Å². The van der Waals surface area contributed by atoms with Crippen molar-refractivity contribution in [3.63, 3.8) is 0 Å². The topological polar surface area (TPSA) is 39.4 Å². The number of hydrogen-bond donors (Lipinski definition) is 0. The number of rotatable bonds is 5. The Bertz CT molecular complexity index is 683. The Morgan fingerprint density at radius 2 is 1.95 bits per heavy atom. The molecule has 0 aliphatic rings. The van der Waals surface area contributed by atoms with Crippen molar-refractivity contribution < 1.29 is 4.43 Å². The fraction of sp³-hybridized carbons (Fsp3) is 0.412. The summed E-state index contributed by atoms with van der Waals surface area (Å²) >= 11 is 0. The van der Waals surface area contributed by atoms with Gasteiger partial charge in [0.25, 0.3) is 0 Å². The standard InChI is InChI=1S/C17H25N3OSi/c1-13(17-14(2)20(3)12-19-17)18-11-15-9-7-8-10-16(15)21-22(4,5)6/h7-10,12H,11H2,1-6H3. The van der Waals surface area contributed by atoms with E-state index in [9.17, 15) is 0 Å². The van der Waals surface area contributed by atoms with Gasteiger partial charge in [-0.05, 0) is 39.6 Å². The Labute approximate surface area is 134 Å². The molecule has 0 aliphatic carbocycles. The van der Waals surface area contributed by atoms with E-state index in [1.165, 1.54) is 0 Å². The molecule has 0 bridgehead atoms. The van der Waals surface area contributed by atoms with Crippen molar-refractivity contribution in [1.29, 1.82) is 0 Å². The summed E-state index contributed by atoms with van der Waals surface area (Å²) < 4.78 is 8.16. The summed E-state index contributed by atoms with van der Waals surface area (Å²) in [4.78, 5) is 9.12. The molecule has 0 aliphatic heterocycles. The summed E-state index contributed by atoms with van der Waals surface area (Å²) in [5, 5.41) is 0. The van der Waals surface area contributed by atoms with E-state index >= 15 is 0 Å². The normalized spacial score (nSPS) is 12.5. The van der Waals surface area contributed by atoms with Gasteiger partial charge in [-0.25, -0.2) is 4.98 Å². The first-order valence-corrected chi connectivity index (χ1v) is 10.9. The second-order valence-corrected chi connectivity index (χ2v) is 10.9. The van der Waals surface area contributed by atoms with Gasteiger partial charge in [-0.1, -0.05) is 18.2 Å². The van der Waals surface area contributed by atoms with Crippen LogP contribution in [0, 0.1) is 6.92 Å². The van der Waals surface area contributed by atoms with Gasteiger partial charge in [0.15, 0.2) is 0 Å². The molecule has 2 aromatic rings. The molecule has 0 atom stereocenters. The summed E-state index contributed by atoms with van der Waals surface area (Å²) in [6, 6.07) is 8.16. The summed E-state index contributed by atoms with van der Waals surface area (Å²) in [5.41, 5.74) is 4.18. The molecule has 1 aromatic carbocycles. The van der Waals surface area contributed by atoms with Crippen molar-refractivity contribution >= 4 is 14.0 Å². The van der Waals surface area contributed by atoms with Gasteiger partial charge in [-0.2, -0.15) is 0 Å². The van der Waals surface area contributed by atoms with Gasteiger partial charge in [-0.15, -0.1) is 0 Å². The van der Waals surface area contributed by atoms with Gasteiger partial charge >= 0.3 is 0 Å². The van der Waals surface area contributed by atoms with Crippen LogP contribution in [0.5, 0.6) is 5.75 Å². The lowest BCUT2D eigenvalue weighted by Crippen LogP contribution is -2.29. The first-order chi connectivity index (χ1) is 10.3. The molecule has 0 saturated carbocycles. The SMILES string of the molecule is CC(=NCc1ccccc1O[Si](C)(C)C)c1ncn(C)c1C. The van der Waals surface area contributed by atoms with Gasteiger partial charge in [0.2, 0.25) is 8.32 Å². The molecule has 4 nitrogen and oxygen atoms in total. The minimum atomic E-state index is -1.62. The second kappa shape index (κ2) is 6.48. The monoisotopic (exact) mass is 315 g/mol. The number of benzene rings is 1. The fourth-order valence-corrected chi connectivity index (χ4v) is 3.05. The summed E-state index contributed by atoms with van der Waals surface area (Å²) in [6.45, 7) is 11.3. The lowest BCUT2D eigenvalue weighted by Gasteiger charge is -2.21. The highest BCUT2D eigenvalue weighted by atomic mass is 28.4. The van der Waals surface area contributed by atoms with E-state index < -0.39 is 8.32 Å². The van der Waals surface area contributed by atoms with Crippen LogP contribution in [0.4, 0.5) is 0 Å². The minimum Gasteiger partial charge on any atom is -0.544 e. The van der Waals surface area contributed by atoms with E-state index in [1.54, 1.807) is 0 Å². The predicted octanol–water partition coefficient (Wildman–Crippen LogP) is 3.95. The van der Waals surface area contributed by atoms with Crippen LogP contribution in [-0.2, 0) is 13.6 Å². The Balaban J connectivity index is 2.21. The van der Waals surface area contributed by atoms with Crippen molar-refractivity contribution in [2.75, 3.05) is 0 Å². The molecule has 118 valence electrons. The van der Waals surface area contributed by atoms with Crippen LogP contribution in [0.25, 0.3) is 0 Å². The molecule has 0 saturated heterocycles. The number of para-hydroxylation sites is 1. The van der Waals surface area contributed by atoms with Crippen molar-refractivity contribution in [2.45, 2.75) is 40.0 Å². The highest BCUT2D eigenvalue weighted by Crippen LogP contribution is 2.22. The number of hydrogen-bond acceptors (Lipinski definition) is 3. The number of imidazole rings is 1. The van der Waals surface area contributed by atoms with E-state index in [0.717, 1.165) is 28.4 Å². The third-order valence-electron chi connectivity index (χ3n) is 3.45. The Morgan fingerprint density at radius 3 is 2.55 bits per heavy atom. The highest BCUT2D eigenvalue weighted by Gasteiger charge is 2.18. The average Bonchev–Trinajstić information content (AvgIpc) is 2.76. The number of aromatic nitrogens is 2. The first-order valence-electron chi connectivity index (χ1n) is 7.54. The quantitative estimate of drug-likeness (QED) is 0.619. The Kier molecular flexibility index (Phi) is 4.86. The van der Waals surface area contributed by atoms with Gasteiger partial charge in [-0.3, -0.25) is 4.99 Å². The third kappa shape index (κ3) is 4.07. The van der Waals surface area contributed by atoms with E-state index in [0.29, 0.717) is 6.54 Å². The maximum Gasteiger partial charge on any atom is 0.242 e. The number of nitrogens with zero attached hydrogens (tertiary/aromatic N) is 3. The van der Waals surface area contributed by atoms with Crippen LogP contribution in [0.2, 0.25) is 19.6 Å². The molecule has 0 unspecified atom stereocenters. The van der Waals surface area contributed by atoms with Gasteiger partial charge in [0.1, 0.15) is 11.4 Å². The molecule has 1 aromatic heterocycles. The number of aliphatic imine (C=N–C) groups is 1. The molecule has 0 N–H and O–H groups in total. The smallest absolute Gasteiger partial charge is 0.242 e. The molecule has 0 fully saturated rings. The average molecular weight is 315 g/mol. The minimum absolute atomic E-state index is 0.614. The predicted molar refractivity (Wildman–Crippen MR) is 94.3 cm³/mol. The van der Waals surface area contributed by atoms with Crippen molar-refractivity contribution in [3.8, 4) is 5.75 Å². The summed E-state index contributed by atoms with van der Waals surface area (Å²) in [7, 11) is 0.377. The molecule has 2 rings (SSSR count). The van der Waals surface area contributed by atoms with Crippen LogP contribution in [-0.4, -0.2) is 23.6 Å². The molecular weight excluding hydrogens is 290 g/mol. The van der Waals surface area contributed by atoms with E-state index in [-0.39, 0.29) is 0 Å². The largest absolute Gasteiger partial charge is 0.544 e. The molecule has 1 heterocycles. The molecule has 22 heavy (non-hydrogen) atoms. The van der Waals surface area contributed by atoms with Gasteiger partial charge < -0.3 is 8.99 Å². The van der Waals surface area contributed by atoms with Crippen LogP contribution in [0.1, 0.15) is 23.9 Å². The molecule has 0 radical (unpaired) electrons. The zero-order valence-corrected chi connectivity index (χ0v) is 15.3.